The van der Waals surface area contributed by atoms with Gasteiger partial charge in [0.1, 0.15) is 6.04 Å². The van der Waals surface area contributed by atoms with E-state index in [-0.39, 0.29) is 5.91 Å². The number of nitrogens with zero attached hydrogens (tertiary/aromatic N) is 3. The van der Waals surface area contributed by atoms with Gasteiger partial charge in [-0.15, -0.1) is 0 Å². The molecule has 6 heteroatoms. The molecule has 1 unspecified atom stereocenters. The van der Waals surface area contributed by atoms with Gasteiger partial charge in [-0.1, -0.05) is 40.2 Å². The summed E-state index contributed by atoms with van der Waals surface area (Å²) >= 11 is 3.41. The van der Waals surface area contributed by atoms with E-state index in [1.807, 2.05) is 41.6 Å². The summed E-state index contributed by atoms with van der Waals surface area (Å²) in [7, 11) is 0. The summed E-state index contributed by atoms with van der Waals surface area (Å²) in [6.45, 7) is 5.02. The number of anilines is 1. The zero-order chi connectivity index (χ0) is 19.7. The maximum absolute atomic E-state index is 12.9. The molecule has 0 saturated carbocycles. The Balaban J connectivity index is 1.48. The molecule has 28 heavy (non-hydrogen) atoms. The zero-order valence-electron chi connectivity index (χ0n) is 15.8. The van der Waals surface area contributed by atoms with Crippen LogP contribution in [0.5, 0.6) is 0 Å². The van der Waals surface area contributed by atoms with Gasteiger partial charge in [0.15, 0.2) is 0 Å². The molecular formula is C22H23BrN4O. The summed E-state index contributed by atoms with van der Waals surface area (Å²) in [5, 5.41) is 2.39. The lowest BCUT2D eigenvalue weighted by atomic mass is 10.0. The van der Waals surface area contributed by atoms with Crippen molar-refractivity contribution in [1.29, 1.82) is 0 Å². The second kappa shape index (κ2) is 7.89. The molecule has 1 atom stereocenters. The average molecular weight is 439 g/mol. The molecule has 0 radical (unpaired) electrons. The third kappa shape index (κ3) is 3.62. The maximum Gasteiger partial charge on any atom is 0.244 e. The molecule has 1 fully saturated rings. The minimum Gasteiger partial charge on any atom is -0.367 e. The van der Waals surface area contributed by atoms with E-state index < -0.39 is 6.04 Å². The second-order valence-electron chi connectivity index (χ2n) is 7.17. The van der Waals surface area contributed by atoms with E-state index in [1.54, 1.807) is 0 Å². The Hall–Kier alpha value is -2.44. The van der Waals surface area contributed by atoms with Gasteiger partial charge in [0.25, 0.3) is 0 Å². The Morgan fingerprint density at radius 3 is 2.50 bits per heavy atom. The predicted molar refractivity (Wildman–Crippen MR) is 116 cm³/mol. The van der Waals surface area contributed by atoms with E-state index in [9.17, 15) is 4.79 Å². The number of hydrogen-bond donors (Lipinski definition) is 1. The Bertz CT molecular complexity index is 992. The average Bonchev–Trinajstić information content (AvgIpc) is 2.73. The number of rotatable bonds is 3. The first-order valence-electron chi connectivity index (χ1n) is 9.43. The van der Waals surface area contributed by atoms with Crippen LogP contribution in [0.15, 0.2) is 59.3 Å². The highest BCUT2D eigenvalue weighted by Crippen LogP contribution is 2.30. The highest BCUT2D eigenvalue weighted by atomic mass is 79.9. The number of nitrogens with two attached hydrogens (primary N) is 1. The van der Waals surface area contributed by atoms with Gasteiger partial charge < -0.3 is 15.5 Å². The Labute approximate surface area is 173 Å². The van der Waals surface area contributed by atoms with Crippen LogP contribution in [0, 0.1) is 6.92 Å². The van der Waals surface area contributed by atoms with Crippen LogP contribution in [0.3, 0.4) is 0 Å². The molecule has 144 valence electrons. The number of aryl methyl sites for hydroxylation is 1. The molecule has 2 aromatic carbocycles. The van der Waals surface area contributed by atoms with Gasteiger partial charge in [-0.3, -0.25) is 9.78 Å². The van der Waals surface area contributed by atoms with Gasteiger partial charge in [0.05, 0.1) is 0 Å². The van der Waals surface area contributed by atoms with Gasteiger partial charge in [0.2, 0.25) is 5.91 Å². The van der Waals surface area contributed by atoms with E-state index in [1.165, 1.54) is 16.6 Å². The molecule has 5 nitrogen and oxygen atoms in total. The van der Waals surface area contributed by atoms with Gasteiger partial charge in [-0.05, 0) is 36.2 Å². The quantitative estimate of drug-likeness (QED) is 0.677. The normalized spacial score (nSPS) is 15.7. The third-order valence-corrected chi connectivity index (χ3v) is 5.91. The van der Waals surface area contributed by atoms with Crippen molar-refractivity contribution < 1.29 is 4.79 Å². The topological polar surface area (TPSA) is 62.5 Å². The van der Waals surface area contributed by atoms with Crippen LogP contribution in [-0.2, 0) is 4.79 Å². The molecule has 1 amide bonds. The van der Waals surface area contributed by atoms with Gasteiger partial charge in [-0.2, -0.15) is 0 Å². The first-order valence-corrected chi connectivity index (χ1v) is 10.2. The molecule has 2 N–H and O–H groups in total. The minimum absolute atomic E-state index is 0.0136. The van der Waals surface area contributed by atoms with E-state index >= 15 is 0 Å². The molecule has 1 saturated heterocycles. The lowest BCUT2D eigenvalue weighted by molar-refractivity contribution is -0.133. The highest BCUT2D eigenvalue weighted by Gasteiger charge is 2.27. The van der Waals surface area contributed by atoms with Crippen LogP contribution in [0.4, 0.5) is 5.69 Å². The largest absolute Gasteiger partial charge is 0.367 e. The number of pyridine rings is 1. The summed E-state index contributed by atoms with van der Waals surface area (Å²) < 4.78 is 0.977. The fraction of sp³-hybridized carbons (Fsp3) is 0.273. The summed E-state index contributed by atoms with van der Waals surface area (Å²) in [4.78, 5) is 21.4. The molecule has 2 heterocycles. The van der Waals surface area contributed by atoms with Crippen LogP contribution < -0.4 is 10.6 Å². The van der Waals surface area contributed by atoms with Crippen molar-refractivity contribution >= 4 is 38.3 Å². The van der Waals surface area contributed by atoms with Crippen LogP contribution in [-0.4, -0.2) is 42.0 Å². The fourth-order valence-electron chi connectivity index (χ4n) is 3.83. The first-order chi connectivity index (χ1) is 13.5. The van der Waals surface area contributed by atoms with E-state index in [0.717, 1.165) is 28.5 Å². The molecule has 0 spiro atoms. The second-order valence-corrected chi connectivity index (χ2v) is 8.09. The van der Waals surface area contributed by atoms with Crippen LogP contribution in [0.1, 0.15) is 17.2 Å². The van der Waals surface area contributed by atoms with Crippen molar-refractivity contribution in [3.05, 3.63) is 70.5 Å². The summed E-state index contributed by atoms with van der Waals surface area (Å²) in [5.74, 6) is -0.0136. The summed E-state index contributed by atoms with van der Waals surface area (Å²) in [6, 6.07) is 13.3. The molecule has 4 rings (SSSR count). The van der Waals surface area contributed by atoms with Crippen LogP contribution >= 0.6 is 15.9 Å². The summed E-state index contributed by atoms with van der Waals surface area (Å²) in [6.07, 6.45) is 3.81. The van der Waals surface area contributed by atoms with Crippen LogP contribution in [0.25, 0.3) is 10.8 Å². The number of halogens is 1. The van der Waals surface area contributed by atoms with Crippen LogP contribution in [0.2, 0.25) is 0 Å². The lowest BCUT2D eigenvalue weighted by Gasteiger charge is -2.37. The number of hydrogen-bond acceptors (Lipinski definition) is 4. The van der Waals surface area contributed by atoms with Crippen molar-refractivity contribution in [1.82, 2.24) is 9.88 Å². The number of piperazine rings is 1. The molecule has 1 aromatic heterocycles. The molecular weight excluding hydrogens is 416 g/mol. The number of carbonyl (C=O) groups excluding carboxylic acids is 1. The predicted octanol–water partition coefficient (Wildman–Crippen LogP) is 3.65. The van der Waals surface area contributed by atoms with Gasteiger partial charge in [0, 0.05) is 59.5 Å². The first kappa shape index (κ1) is 18.9. The molecule has 0 aliphatic carbocycles. The molecule has 0 bridgehead atoms. The van der Waals surface area contributed by atoms with Crippen molar-refractivity contribution in [2.24, 2.45) is 5.73 Å². The summed E-state index contributed by atoms with van der Waals surface area (Å²) in [5.41, 5.74) is 9.45. The monoisotopic (exact) mass is 438 g/mol. The number of benzene rings is 2. The van der Waals surface area contributed by atoms with Crippen molar-refractivity contribution in [2.75, 3.05) is 31.1 Å². The molecule has 1 aliphatic rings. The fourth-order valence-corrected chi connectivity index (χ4v) is 4.09. The third-order valence-electron chi connectivity index (χ3n) is 5.38. The highest BCUT2D eigenvalue weighted by molar-refractivity contribution is 9.10. The standard InChI is InChI=1S/C22H23BrN4O/c1-15-13-25-14-17-3-2-4-19(20(15)17)26-9-11-27(12-10-26)22(28)21(24)16-5-7-18(23)8-6-16/h2-8,13-14,21H,9-12,24H2,1H3. The Kier molecular flexibility index (Phi) is 5.33. The zero-order valence-corrected chi connectivity index (χ0v) is 17.4. The SMILES string of the molecule is Cc1cncc2cccc(N3CCN(C(=O)C(N)c4ccc(Br)cc4)CC3)c12. The number of fused-ring (bicyclic) bond motifs is 1. The number of carbonyl (C=O) groups is 1. The van der Waals surface area contributed by atoms with E-state index in [4.69, 9.17) is 5.73 Å². The number of amides is 1. The number of aromatic nitrogens is 1. The van der Waals surface area contributed by atoms with Crippen molar-refractivity contribution in [3.8, 4) is 0 Å². The van der Waals surface area contributed by atoms with E-state index in [0.29, 0.717) is 13.1 Å². The molecule has 1 aliphatic heterocycles. The maximum atomic E-state index is 12.9. The van der Waals surface area contributed by atoms with Gasteiger partial charge >= 0.3 is 0 Å². The minimum atomic E-state index is -0.620. The van der Waals surface area contributed by atoms with Gasteiger partial charge in [-0.25, -0.2) is 0 Å². The molecule has 3 aromatic rings. The van der Waals surface area contributed by atoms with Crippen molar-refractivity contribution in [3.63, 3.8) is 0 Å². The van der Waals surface area contributed by atoms with Crippen molar-refractivity contribution in [2.45, 2.75) is 13.0 Å². The Morgan fingerprint density at radius 2 is 1.79 bits per heavy atom. The Morgan fingerprint density at radius 1 is 1.07 bits per heavy atom. The lowest BCUT2D eigenvalue weighted by Crippen LogP contribution is -2.51. The van der Waals surface area contributed by atoms with E-state index in [2.05, 4.69) is 50.9 Å². The smallest absolute Gasteiger partial charge is 0.244 e.